The van der Waals surface area contributed by atoms with Gasteiger partial charge in [-0.25, -0.2) is 0 Å². The molecular weight excluding hydrogens is 286 g/mol. The monoisotopic (exact) mass is 303 g/mol. The number of amides is 1. The van der Waals surface area contributed by atoms with E-state index in [9.17, 15) is 4.79 Å². The van der Waals surface area contributed by atoms with Crippen LogP contribution in [-0.4, -0.2) is 41.5 Å². The number of pyridine rings is 1. The molecule has 2 bridgehead atoms. The van der Waals surface area contributed by atoms with Crippen LogP contribution in [0.2, 0.25) is 0 Å². The minimum atomic E-state index is -0.124. The van der Waals surface area contributed by atoms with Crippen molar-refractivity contribution in [3.05, 3.63) is 24.0 Å². The second-order valence-electron chi connectivity index (χ2n) is 6.01. The average Bonchev–Trinajstić information content (AvgIpc) is 2.99. The van der Waals surface area contributed by atoms with Gasteiger partial charge in [0.25, 0.3) is 5.91 Å². The molecule has 110 valence electrons. The van der Waals surface area contributed by atoms with Crippen molar-refractivity contribution in [1.82, 2.24) is 15.2 Å². The Hall–Kier alpha value is -1.53. The summed E-state index contributed by atoms with van der Waals surface area (Å²) >= 11 is 4.16. The fraction of sp³-hybridized carbons (Fsp3) is 0.467. The summed E-state index contributed by atoms with van der Waals surface area (Å²) in [7, 11) is 0. The first-order valence-corrected chi connectivity index (χ1v) is 7.74. The fourth-order valence-electron chi connectivity index (χ4n) is 3.47. The highest BCUT2D eigenvalue weighted by Gasteiger charge is 2.33. The summed E-state index contributed by atoms with van der Waals surface area (Å²) in [6, 6.07) is 3.70. The lowest BCUT2D eigenvalue weighted by Crippen LogP contribution is -2.47. The molecule has 2 fully saturated rings. The average molecular weight is 303 g/mol. The number of carbonyl (C=O) groups excluding carboxylic acids is 1. The fourth-order valence-corrected chi connectivity index (χ4v) is 3.70. The third-order valence-electron chi connectivity index (χ3n) is 4.42. The van der Waals surface area contributed by atoms with Gasteiger partial charge in [-0.15, -0.1) is 12.6 Å². The molecule has 2 saturated heterocycles. The molecule has 4 heterocycles. The quantitative estimate of drug-likeness (QED) is 0.833. The van der Waals surface area contributed by atoms with Crippen molar-refractivity contribution in [2.24, 2.45) is 5.92 Å². The number of nitrogens with zero attached hydrogens (tertiary/aromatic N) is 2. The molecule has 2 aromatic heterocycles. The van der Waals surface area contributed by atoms with Crippen molar-refractivity contribution >= 4 is 29.5 Å². The van der Waals surface area contributed by atoms with E-state index in [1.54, 1.807) is 18.3 Å². The molecule has 0 aromatic carbocycles. The number of piperidine rings is 1. The predicted octanol–water partition coefficient (Wildman–Crippen LogP) is 1.94. The molecular formula is C15H17N3O2S. The Bertz CT molecular complexity index is 687. The molecule has 6 heteroatoms. The van der Waals surface area contributed by atoms with Gasteiger partial charge in [-0.2, -0.15) is 0 Å². The van der Waals surface area contributed by atoms with Crippen molar-refractivity contribution in [3.8, 4) is 0 Å². The van der Waals surface area contributed by atoms with Crippen molar-refractivity contribution in [3.63, 3.8) is 0 Å². The van der Waals surface area contributed by atoms with Crippen LogP contribution in [0.5, 0.6) is 0 Å². The normalized spacial score (nSPS) is 28.0. The molecule has 3 atom stereocenters. The van der Waals surface area contributed by atoms with E-state index in [0.29, 0.717) is 16.4 Å². The van der Waals surface area contributed by atoms with E-state index in [1.807, 2.05) is 0 Å². The van der Waals surface area contributed by atoms with Crippen LogP contribution < -0.4 is 5.32 Å². The number of aromatic nitrogens is 1. The molecule has 2 aliphatic heterocycles. The molecule has 0 saturated carbocycles. The van der Waals surface area contributed by atoms with Crippen LogP contribution in [-0.2, 0) is 0 Å². The first-order chi connectivity index (χ1) is 10.2. The summed E-state index contributed by atoms with van der Waals surface area (Å²) in [6.07, 6.45) is 3.99. The summed E-state index contributed by atoms with van der Waals surface area (Å²) in [5.41, 5.74) is 1.05. The Morgan fingerprint density at radius 3 is 3.19 bits per heavy atom. The Labute approximate surface area is 128 Å². The van der Waals surface area contributed by atoms with Crippen LogP contribution in [0.15, 0.2) is 27.8 Å². The number of furan rings is 1. The third-order valence-corrected chi connectivity index (χ3v) is 4.64. The topological polar surface area (TPSA) is 58.4 Å². The van der Waals surface area contributed by atoms with Gasteiger partial charge >= 0.3 is 0 Å². The number of hydrogen-bond donors (Lipinski definition) is 2. The largest absolute Gasteiger partial charge is 0.450 e. The van der Waals surface area contributed by atoms with Crippen LogP contribution in [0.3, 0.4) is 0 Å². The van der Waals surface area contributed by atoms with Gasteiger partial charge in [0.05, 0.1) is 0 Å². The van der Waals surface area contributed by atoms with Crippen molar-refractivity contribution in [2.45, 2.75) is 24.0 Å². The number of nitrogens with one attached hydrogen (secondary N) is 1. The highest BCUT2D eigenvalue weighted by Crippen LogP contribution is 2.27. The second kappa shape index (κ2) is 5.03. The SMILES string of the molecule is O=C(N[C@@H]1C[C@H]2CCN(C2)C1)c1cc2oc(S)cc2cn1. The zero-order valence-electron chi connectivity index (χ0n) is 11.6. The zero-order chi connectivity index (χ0) is 14.4. The van der Waals surface area contributed by atoms with Gasteiger partial charge < -0.3 is 14.6 Å². The number of thiol groups is 1. The summed E-state index contributed by atoms with van der Waals surface area (Å²) in [5, 5.41) is 4.49. The minimum absolute atomic E-state index is 0.124. The molecule has 0 aliphatic carbocycles. The third kappa shape index (κ3) is 2.53. The molecule has 1 amide bonds. The van der Waals surface area contributed by atoms with Crippen molar-refractivity contribution in [2.75, 3.05) is 19.6 Å². The van der Waals surface area contributed by atoms with E-state index in [-0.39, 0.29) is 11.9 Å². The van der Waals surface area contributed by atoms with Gasteiger partial charge in [0, 0.05) is 36.8 Å². The Morgan fingerprint density at radius 1 is 1.43 bits per heavy atom. The van der Waals surface area contributed by atoms with Gasteiger partial charge in [-0.1, -0.05) is 0 Å². The van der Waals surface area contributed by atoms with Crippen LogP contribution in [0, 0.1) is 5.92 Å². The Morgan fingerprint density at radius 2 is 2.33 bits per heavy atom. The molecule has 1 unspecified atom stereocenters. The lowest BCUT2D eigenvalue weighted by molar-refractivity contribution is 0.0904. The van der Waals surface area contributed by atoms with Crippen molar-refractivity contribution < 1.29 is 9.21 Å². The maximum absolute atomic E-state index is 12.3. The highest BCUT2D eigenvalue weighted by molar-refractivity contribution is 7.80. The van der Waals surface area contributed by atoms with Crippen LogP contribution in [0.1, 0.15) is 23.3 Å². The molecule has 2 aromatic rings. The first-order valence-electron chi connectivity index (χ1n) is 7.29. The molecule has 1 N–H and O–H groups in total. The summed E-state index contributed by atoms with van der Waals surface area (Å²) < 4.78 is 5.43. The van der Waals surface area contributed by atoms with Gasteiger partial charge in [0.2, 0.25) is 0 Å². The first kappa shape index (κ1) is 13.2. The van der Waals surface area contributed by atoms with E-state index in [2.05, 4.69) is 27.8 Å². The van der Waals surface area contributed by atoms with Crippen LogP contribution in [0.4, 0.5) is 0 Å². The van der Waals surface area contributed by atoms with Gasteiger partial charge in [-0.05, 0) is 31.4 Å². The maximum atomic E-state index is 12.3. The van der Waals surface area contributed by atoms with Crippen LogP contribution >= 0.6 is 12.6 Å². The lowest BCUT2D eigenvalue weighted by atomic mass is 9.97. The van der Waals surface area contributed by atoms with E-state index < -0.39 is 0 Å². The van der Waals surface area contributed by atoms with E-state index >= 15 is 0 Å². The molecule has 4 rings (SSSR count). The van der Waals surface area contributed by atoms with Gasteiger partial charge in [0.15, 0.2) is 5.09 Å². The standard InChI is InChI=1S/C15H17N3O2S/c19-15(17-11-3-9-1-2-18(7-9)8-11)12-5-13-10(6-16-12)4-14(21)20-13/h4-6,9,11,21H,1-3,7-8H2,(H,17,19)/t9-,11-/m1/s1. The Kier molecular flexibility index (Phi) is 3.15. The van der Waals surface area contributed by atoms with Crippen LogP contribution in [0.25, 0.3) is 11.0 Å². The molecule has 21 heavy (non-hydrogen) atoms. The number of rotatable bonds is 2. The van der Waals surface area contributed by atoms with E-state index in [1.165, 1.54) is 19.5 Å². The second-order valence-corrected chi connectivity index (χ2v) is 6.45. The maximum Gasteiger partial charge on any atom is 0.270 e. The number of hydrogen-bond acceptors (Lipinski definition) is 5. The Balaban J connectivity index is 1.50. The zero-order valence-corrected chi connectivity index (χ0v) is 12.5. The minimum Gasteiger partial charge on any atom is -0.450 e. The van der Waals surface area contributed by atoms with E-state index in [0.717, 1.165) is 24.3 Å². The number of fused-ring (bicyclic) bond motifs is 3. The molecule has 0 radical (unpaired) electrons. The smallest absolute Gasteiger partial charge is 0.270 e. The molecule has 2 aliphatic rings. The molecule has 5 nitrogen and oxygen atoms in total. The predicted molar refractivity (Wildman–Crippen MR) is 81.7 cm³/mol. The lowest BCUT2D eigenvalue weighted by Gasteiger charge is -2.30. The summed E-state index contributed by atoms with van der Waals surface area (Å²) in [4.78, 5) is 19.0. The van der Waals surface area contributed by atoms with E-state index in [4.69, 9.17) is 4.42 Å². The summed E-state index contributed by atoms with van der Waals surface area (Å²) in [5.74, 6) is 0.609. The molecule has 0 spiro atoms. The van der Waals surface area contributed by atoms with Gasteiger partial charge in [-0.3, -0.25) is 9.78 Å². The number of carbonyl (C=O) groups is 1. The van der Waals surface area contributed by atoms with Gasteiger partial charge in [0.1, 0.15) is 11.3 Å². The van der Waals surface area contributed by atoms with Crippen molar-refractivity contribution in [1.29, 1.82) is 0 Å². The summed E-state index contributed by atoms with van der Waals surface area (Å²) in [6.45, 7) is 3.30. The highest BCUT2D eigenvalue weighted by atomic mass is 32.1.